The molecule has 0 radical (unpaired) electrons. The normalized spacial score (nSPS) is 11.4. The molecule has 0 aliphatic carbocycles. The molecule has 0 aliphatic rings. The molecule has 0 fully saturated rings. The lowest BCUT2D eigenvalue weighted by atomic mass is 10.2. The van der Waals surface area contributed by atoms with Crippen molar-refractivity contribution < 1.29 is 8.42 Å². The molecule has 0 saturated carbocycles. The fourth-order valence-electron chi connectivity index (χ4n) is 1.65. The average Bonchev–Trinajstić information content (AvgIpc) is 2.37. The largest absolute Gasteiger partial charge is 0.398 e. The summed E-state index contributed by atoms with van der Waals surface area (Å²) >= 11 is 15.1. The Balaban J connectivity index is 2.48. The number of nitrogens with two attached hydrogens (primary N) is 1. The first kappa shape index (κ1) is 16.4. The number of hydrogen-bond donors (Lipinski definition) is 2. The number of hydrogen-bond acceptors (Lipinski definition) is 3. The molecular weight excluding hydrogens is 399 g/mol. The predicted molar refractivity (Wildman–Crippen MR) is 90.6 cm³/mol. The maximum Gasteiger partial charge on any atom is 0.263 e. The molecule has 0 atom stereocenters. The first-order chi connectivity index (χ1) is 9.70. The Bertz CT molecular complexity index is 810. The van der Waals surface area contributed by atoms with Crippen LogP contribution in [-0.2, 0) is 10.0 Å². The summed E-state index contributed by atoms with van der Waals surface area (Å²) in [6, 6.07) is 7.62. The highest BCUT2D eigenvalue weighted by Crippen LogP contribution is 2.31. The molecule has 0 amide bonds. The maximum atomic E-state index is 12.4. The number of nitrogen functional groups attached to an aromatic ring is 1. The van der Waals surface area contributed by atoms with Crippen LogP contribution in [0.2, 0.25) is 10.0 Å². The molecular formula is C13H11BrCl2N2O2S. The molecule has 112 valence electrons. The smallest absolute Gasteiger partial charge is 0.263 e. The first-order valence-corrected chi connectivity index (χ1v) is 8.77. The average molecular weight is 410 g/mol. The summed E-state index contributed by atoms with van der Waals surface area (Å²) < 4.78 is 27.9. The van der Waals surface area contributed by atoms with Crippen LogP contribution < -0.4 is 10.5 Å². The second-order valence-corrected chi connectivity index (χ2v) is 7.72. The lowest BCUT2D eigenvalue weighted by Gasteiger charge is -2.12. The van der Waals surface area contributed by atoms with E-state index in [2.05, 4.69) is 20.7 Å². The molecule has 2 rings (SSSR count). The Morgan fingerprint density at radius 2 is 1.86 bits per heavy atom. The molecule has 2 aromatic rings. The minimum atomic E-state index is -3.87. The number of halogens is 3. The van der Waals surface area contributed by atoms with Crippen molar-refractivity contribution in [3.05, 3.63) is 50.4 Å². The molecule has 0 bridgehead atoms. The highest BCUT2D eigenvalue weighted by atomic mass is 79.9. The van der Waals surface area contributed by atoms with Crippen molar-refractivity contribution in [2.45, 2.75) is 11.8 Å². The summed E-state index contributed by atoms with van der Waals surface area (Å²) in [6.07, 6.45) is 0. The molecule has 2 aromatic carbocycles. The van der Waals surface area contributed by atoms with Crippen LogP contribution in [0.5, 0.6) is 0 Å². The number of aryl methyl sites for hydroxylation is 1. The van der Waals surface area contributed by atoms with Gasteiger partial charge in [0.15, 0.2) is 0 Å². The topological polar surface area (TPSA) is 72.2 Å². The number of rotatable bonds is 3. The van der Waals surface area contributed by atoms with Crippen LogP contribution in [0.1, 0.15) is 5.56 Å². The highest BCUT2D eigenvalue weighted by Gasteiger charge is 2.20. The van der Waals surface area contributed by atoms with Crippen LogP contribution in [0.4, 0.5) is 11.4 Å². The minimum absolute atomic E-state index is 0.0841. The fourth-order valence-corrected chi connectivity index (χ4v) is 3.99. The van der Waals surface area contributed by atoms with Crippen LogP contribution in [0.15, 0.2) is 39.7 Å². The van der Waals surface area contributed by atoms with E-state index in [9.17, 15) is 8.42 Å². The predicted octanol–water partition coefficient (Wildman–Crippen LogP) is 4.45. The molecule has 0 spiro atoms. The Labute approximate surface area is 141 Å². The quantitative estimate of drug-likeness (QED) is 0.735. The van der Waals surface area contributed by atoms with Gasteiger partial charge in [0.1, 0.15) is 4.90 Å². The summed E-state index contributed by atoms with van der Waals surface area (Å²) in [5.74, 6) is 0. The SMILES string of the molecule is Cc1cc(Cl)c(S(=O)(=O)Nc2cc(Cl)ccc2Br)cc1N. The van der Waals surface area contributed by atoms with Crippen molar-refractivity contribution in [2.24, 2.45) is 0 Å². The van der Waals surface area contributed by atoms with Gasteiger partial charge >= 0.3 is 0 Å². The van der Waals surface area contributed by atoms with Gasteiger partial charge in [-0.15, -0.1) is 0 Å². The van der Waals surface area contributed by atoms with Crippen LogP contribution in [0.25, 0.3) is 0 Å². The van der Waals surface area contributed by atoms with Gasteiger partial charge in [-0.1, -0.05) is 23.2 Å². The van der Waals surface area contributed by atoms with E-state index >= 15 is 0 Å². The van der Waals surface area contributed by atoms with Gasteiger partial charge < -0.3 is 5.73 Å². The van der Waals surface area contributed by atoms with E-state index in [0.29, 0.717) is 26.4 Å². The van der Waals surface area contributed by atoms with E-state index in [-0.39, 0.29) is 9.92 Å². The molecule has 4 nitrogen and oxygen atoms in total. The molecule has 0 aliphatic heterocycles. The van der Waals surface area contributed by atoms with Gasteiger partial charge in [-0.25, -0.2) is 8.42 Å². The Morgan fingerprint density at radius 3 is 2.52 bits per heavy atom. The van der Waals surface area contributed by atoms with Crippen molar-refractivity contribution in [3.8, 4) is 0 Å². The van der Waals surface area contributed by atoms with E-state index in [4.69, 9.17) is 28.9 Å². The summed E-state index contributed by atoms with van der Waals surface area (Å²) in [4.78, 5) is -0.0841. The van der Waals surface area contributed by atoms with Gasteiger partial charge in [-0.2, -0.15) is 0 Å². The molecule has 0 heterocycles. The number of nitrogens with one attached hydrogen (secondary N) is 1. The molecule has 0 aromatic heterocycles. The Hall–Kier alpha value is -0.950. The summed E-state index contributed by atoms with van der Waals surface area (Å²) in [5, 5.41) is 0.512. The maximum absolute atomic E-state index is 12.4. The third kappa shape index (κ3) is 3.63. The van der Waals surface area contributed by atoms with Gasteiger partial charge in [0.05, 0.1) is 10.7 Å². The first-order valence-electron chi connectivity index (χ1n) is 5.74. The van der Waals surface area contributed by atoms with Gasteiger partial charge in [-0.05, 0) is 58.7 Å². The van der Waals surface area contributed by atoms with E-state index < -0.39 is 10.0 Å². The van der Waals surface area contributed by atoms with E-state index in [1.165, 1.54) is 18.2 Å². The second-order valence-electron chi connectivity index (χ2n) is 4.37. The summed E-state index contributed by atoms with van der Waals surface area (Å²) in [6.45, 7) is 1.75. The Kier molecular flexibility index (Phi) is 4.72. The number of benzene rings is 2. The zero-order valence-electron chi connectivity index (χ0n) is 10.8. The molecule has 0 unspecified atom stereocenters. The van der Waals surface area contributed by atoms with Crippen molar-refractivity contribution >= 4 is 60.5 Å². The fraction of sp³-hybridized carbons (Fsp3) is 0.0769. The van der Waals surface area contributed by atoms with Crippen LogP contribution in [0, 0.1) is 6.92 Å². The van der Waals surface area contributed by atoms with E-state index in [0.717, 1.165) is 0 Å². The molecule has 3 N–H and O–H groups in total. The lowest BCUT2D eigenvalue weighted by Crippen LogP contribution is -2.14. The lowest BCUT2D eigenvalue weighted by molar-refractivity contribution is 0.601. The second kappa shape index (κ2) is 6.04. The third-order valence-corrected chi connectivity index (χ3v) is 5.54. The van der Waals surface area contributed by atoms with E-state index in [1.807, 2.05) is 0 Å². The number of anilines is 2. The van der Waals surface area contributed by atoms with Gasteiger partial charge in [0.25, 0.3) is 10.0 Å². The molecule has 8 heteroatoms. The molecule has 21 heavy (non-hydrogen) atoms. The van der Waals surface area contributed by atoms with Crippen molar-refractivity contribution in [3.63, 3.8) is 0 Å². The van der Waals surface area contributed by atoms with Crippen LogP contribution >= 0.6 is 39.1 Å². The highest BCUT2D eigenvalue weighted by molar-refractivity contribution is 9.10. The zero-order valence-corrected chi connectivity index (χ0v) is 14.7. The third-order valence-electron chi connectivity index (χ3n) is 2.78. The Morgan fingerprint density at radius 1 is 1.19 bits per heavy atom. The van der Waals surface area contributed by atoms with E-state index in [1.54, 1.807) is 19.1 Å². The van der Waals surface area contributed by atoms with Crippen molar-refractivity contribution in [1.29, 1.82) is 0 Å². The van der Waals surface area contributed by atoms with Gasteiger partial charge in [-0.3, -0.25) is 4.72 Å². The monoisotopic (exact) mass is 408 g/mol. The number of sulfonamides is 1. The summed E-state index contributed by atoms with van der Waals surface area (Å²) in [5.41, 5.74) is 7.13. The zero-order chi connectivity index (χ0) is 15.8. The van der Waals surface area contributed by atoms with Gasteiger partial charge in [0, 0.05) is 15.2 Å². The summed E-state index contributed by atoms with van der Waals surface area (Å²) in [7, 11) is -3.87. The van der Waals surface area contributed by atoms with Crippen molar-refractivity contribution in [1.82, 2.24) is 0 Å². The van der Waals surface area contributed by atoms with Crippen molar-refractivity contribution in [2.75, 3.05) is 10.5 Å². The van der Waals surface area contributed by atoms with Crippen LogP contribution in [0.3, 0.4) is 0 Å². The van der Waals surface area contributed by atoms with Gasteiger partial charge in [0.2, 0.25) is 0 Å². The van der Waals surface area contributed by atoms with Crippen LogP contribution in [-0.4, -0.2) is 8.42 Å². The molecule has 0 saturated heterocycles. The standard InChI is InChI=1S/C13H11BrCl2N2O2S/c1-7-4-10(16)13(6-11(7)17)21(19,20)18-12-5-8(15)2-3-9(12)14/h2-6,18H,17H2,1H3. The minimum Gasteiger partial charge on any atom is -0.398 e.